The Balaban J connectivity index is 1.80. The molecule has 1 aromatic heterocycles. The van der Waals surface area contributed by atoms with Crippen LogP contribution in [0.25, 0.3) is 0 Å². The highest BCUT2D eigenvalue weighted by Crippen LogP contribution is 2.39. The molecule has 3 rings (SSSR count). The average Bonchev–Trinajstić information content (AvgIpc) is 2.61. The van der Waals surface area contributed by atoms with Crippen molar-refractivity contribution in [3.8, 4) is 0 Å². The maximum atomic E-state index is 12.7. The molecule has 2 aromatic rings. The van der Waals surface area contributed by atoms with Crippen LogP contribution in [0.1, 0.15) is 49.2 Å². The van der Waals surface area contributed by atoms with Crippen LogP contribution in [0.5, 0.6) is 0 Å². The van der Waals surface area contributed by atoms with Crippen molar-refractivity contribution in [2.75, 3.05) is 11.1 Å². The van der Waals surface area contributed by atoms with Crippen LogP contribution in [0.2, 0.25) is 5.02 Å². The van der Waals surface area contributed by atoms with Gasteiger partial charge in [0.25, 0.3) is 5.91 Å². The van der Waals surface area contributed by atoms with E-state index < -0.39 is 0 Å². The number of hydrogen-bond donors (Lipinski definition) is 2. The molecule has 2 heterocycles. The number of carbonyl (C=O) groups excluding carboxylic acids is 1. The molecule has 0 radical (unpaired) electrons. The first-order valence-corrected chi connectivity index (χ1v) is 10.4. The van der Waals surface area contributed by atoms with Crippen LogP contribution >= 0.6 is 23.4 Å². The Kier molecular flexibility index (Phi) is 6.20. The topological polar surface area (TPSA) is 63.2 Å². The lowest BCUT2D eigenvalue weighted by Crippen LogP contribution is -2.29. The van der Waals surface area contributed by atoms with Gasteiger partial charge in [0.1, 0.15) is 5.60 Å². The van der Waals surface area contributed by atoms with Gasteiger partial charge in [-0.3, -0.25) is 9.78 Å². The van der Waals surface area contributed by atoms with Crippen LogP contribution in [0.4, 0.5) is 5.69 Å². The van der Waals surface area contributed by atoms with Crippen LogP contribution in [0.3, 0.4) is 0 Å². The molecule has 1 aliphatic rings. The summed E-state index contributed by atoms with van der Waals surface area (Å²) in [6, 6.07) is 7.24. The van der Waals surface area contributed by atoms with Crippen LogP contribution in [-0.2, 0) is 4.74 Å². The molecular weight excluding hydrogens is 394 g/mol. The van der Waals surface area contributed by atoms with Crippen molar-refractivity contribution in [1.29, 1.82) is 0 Å². The number of nitrogens with zero attached hydrogens (tertiary/aromatic N) is 1. The lowest BCUT2D eigenvalue weighted by Gasteiger charge is -2.30. The quantitative estimate of drug-likeness (QED) is 0.637. The highest BCUT2D eigenvalue weighted by atomic mass is 35.5. The third-order valence-electron chi connectivity index (χ3n) is 4.09. The molecule has 5 nitrogen and oxygen atoms in total. The first-order chi connectivity index (χ1) is 13.2. The van der Waals surface area contributed by atoms with Gasteiger partial charge in [-0.05, 0) is 63.6 Å². The SMILES string of the molecule is C=C(NC1CCSc2cc(C(=O)Nc3ccncc3)c(Cl)cc21)OC(C)(C)C. The molecule has 1 aromatic carbocycles. The van der Waals surface area contributed by atoms with E-state index in [-0.39, 0.29) is 17.6 Å². The van der Waals surface area contributed by atoms with Gasteiger partial charge in [0.05, 0.1) is 16.6 Å². The molecule has 1 amide bonds. The number of thioether (sulfide) groups is 1. The summed E-state index contributed by atoms with van der Waals surface area (Å²) in [6.07, 6.45) is 4.18. The molecule has 0 spiro atoms. The van der Waals surface area contributed by atoms with E-state index in [2.05, 4.69) is 22.2 Å². The van der Waals surface area contributed by atoms with Crippen molar-refractivity contribution in [2.45, 2.75) is 43.7 Å². The van der Waals surface area contributed by atoms with E-state index in [0.717, 1.165) is 22.6 Å². The highest BCUT2D eigenvalue weighted by Gasteiger charge is 2.25. The van der Waals surface area contributed by atoms with Crippen molar-refractivity contribution < 1.29 is 9.53 Å². The Hall–Kier alpha value is -2.18. The molecule has 0 saturated heterocycles. The minimum atomic E-state index is -0.317. The van der Waals surface area contributed by atoms with Gasteiger partial charge in [0.15, 0.2) is 5.88 Å². The summed E-state index contributed by atoms with van der Waals surface area (Å²) in [5.41, 5.74) is 1.87. The first-order valence-electron chi connectivity index (χ1n) is 9.05. The van der Waals surface area contributed by atoms with Crippen molar-refractivity contribution in [1.82, 2.24) is 10.3 Å². The third-order valence-corrected chi connectivity index (χ3v) is 5.50. The second kappa shape index (κ2) is 8.45. The number of amides is 1. The number of fused-ring (bicyclic) bond motifs is 1. The van der Waals surface area contributed by atoms with Crippen molar-refractivity contribution in [3.05, 3.63) is 65.3 Å². The fourth-order valence-corrected chi connectivity index (χ4v) is 4.36. The van der Waals surface area contributed by atoms with E-state index in [1.807, 2.05) is 32.9 Å². The highest BCUT2D eigenvalue weighted by molar-refractivity contribution is 7.99. The van der Waals surface area contributed by atoms with Gasteiger partial charge >= 0.3 is 0 Å². The van der Waals surface area contributed by atoms with Crippen LogP contribution < -0.4 is 10.6 Å². The van der Waals surface area contributed by atoms with Gasteiger partial charge in [-0.15, -0.1) is 11.8 Å². The summed E-state index contributed by atoms with van der Waals surface area (Å²) in [5, 5.41) is 6.62. The second-order valence-electron chi connectivity index (χ2n) is 7.53. The van der Waals surface area contributed by atoms with Crippen molar-refractivity contribution in [2.24, 2.45) is 0 Å². The minimum absolute atomic E-state index is 0.0425. The zero-order chi connectivity index (χ0) is 20.3. The van der Waals surface area contributed by atoms with Crippen LogP contribution in [-0.4, -0.2) is 22.2 Å². The molecule has 1 unspecified atom stereocenters. The molecule has 148 valence electrons. The van der Waals surface area contributed by atoms with Crippen molar-refractivity contribution in [3.63, 3.8) is 0 Å². The maximum Gasteiger partial charge on any atom is 0.257 e. The van der Waals surface area contributed by atoms with Gasteiger partial charge in [0, 0.05) is 28.7 Å². The molecule has 28 heavy (non-hydrogen) atoms. The summed E-state index contributed by atoms with van der Waals surface area (Å²) in [6.45, 7) is 9.92. The number of rotatable bonds is 5. The number of benzene rings is 1. The molecule has 0 saturated carbocycles. The number of ether oxygens (including phenoxy) is 1. The minimum Gasteiger partial charge on any atom is -0.474 e. The zero-order valence-corrected chi connectivity index (χ0v) is 17.8. The van der Waals surface area contributed by atoms with Gasteiger partial charge in [-0.1, -0.05) is 11.6 Å². The number of nitrogens with one attached hydrogen (secondary N) is 2. The Labute approximate surface area is 174 Å². The van der Waals surface area contributed by atoms with Gasteiger partial charge < -0.3 is 15.4 Å². The van der Waals surface area contributed by atoms with E-state index in [0.29, 0.717) is 22.2 Å². The normalized spacial score (nSPS) is 16.1. The summed E-state index contributed by atoms with van der Waals surface area (Å²) in [4.78, 5) is 17.6. The monoisotopic (exact) mass is 417 g/mol. The summed E-state index contributed by atoms with van der Waals surface area (Å²) in [7, 11) is 0. The summed E-state index contributed by atoms with van der Waals surface area (Å²) in [5.74, 6) is 1.22. The number of anilines is 1. The predicted octanol–water partition coefficient (Wildman–Crippen LogP) is 5.40. The zero-order valence-electron chi connectivity index (χ0n) is 16.2. The largest absolute Gasteiger partial charge is 0.474 e. The van der Waals surface area contributed by atoms with Gasteiger partial charge in [0.2, 0.25) is 0 Å². The van der Waals surface area contributed by atoms with E-state index in [1.54, 1.807) is 36.3 Å². The number of carbonyl (C=O) groups is 1. The summed E-state index contributed by atoms with van der Waals surface area (Å²) >= 11 is 8.19. The Bertz CT molecular complexity index is 881. The molecule has 1 atom stereocenters. The van der Waals surface area contributed by atoms with Gasteiger partial charge in [-0.25, -0.2) is 0 Å². The Morgan fingerprint density at radius 1 is 1.32 bits per heavy atom. The van der Waals surface area contributed by atoms with E-state index in [9.17, 15) is 4.79 Å². The van der Waals surface area contributed by atoms with E-state index in [4.69, 9.17) is 16.3 Å². The maximum absolute atomic E-state index is 12.7. The fourth-order valence-electron chi connectivity index (χ4n) is 2.96. The molecule has 0 bridgehead atoms. The van der Waals surface area contributed by atoms with Gasteiger partial charge in [-0.2, -0.15) is 0 Å². The number of aromatic nitrogens is 1. The molecule has 0 aliphatic carbocycles. The average molecular weight is 418 g/mol. The Morgan fingerprint density at radius 2 is 2.04 bits per heavy atom. The molecule has 7 heteroatoms. The van der Waals surface area contributed by atoms with E-state index in [1.165, 1.54) is 0 Å². The standard InChI is InChI=1S/C21H24ClN3O2S/c1-13(27-21(2,3)4)24-18-7-10-28-19-12-15(17(22)11-16(18)19)20(26)25-14-5-8-23-9-6-14/h5-6,8-9,11-12,18,24H,1,7,10H2,2-4H3,(H,23,25,26). The lowest BCUT2D eigenvalue weighted by atomic mass is 10.0. The summed E-state index contributed by atoms with van der Waals surface area (Å²) < 4.78 is 5.80. The van der Waals surface area contributed by atoms with E-state index >= 15 is 0 Å². The molecule has 2 N–H and O–H groups in total. The number of halogens is 1. The molecule has 0 fully saturated rings. The second-order valence-corrected chi connectivity index (χ2v) is 9.08. The smallest absolute Gasteiger partial charge is 0.257 e. The Morgan fingerprint density at radius 3 is 2.71 bits per heavy atom. The molecule has 1 aliphatic heterocycles. The fraction of sp³-hybridized carbons (Fsp3) is 0.333. The first kappa shape index (κ1) is 20.6. The van der Waals surface area contributed by atoms with Crippen molar-refractivity contribution >= 4 is 35.0 Å². The third kappa shape index (κ3) is 5.20. The number of hydrogen-bond acceptors (Lipinski definition) is 5. The predicted molar refractivity (Wildman–Crippen MR) is 115 cm³/mol. The van der Waals surface area contributed by atoms with Crippen LogP contribution in [0.15, 0.2) is 54.0 Å². The molecular formula is C21H24ClN3O2S. The van der Waals surface area contributed by atoms with Crippen LogP contribution in [0, 0.1) is 0 Å². The lowest BCUT2D eigenvalue weighted by molar-refractivity contribution is 0.0380. The number of pyridine rings is 1.